The van der Waals surface area contributed by atoms with Crippen molar-refractivity contribution < 1.29 is 28.0 Å². The van der Waals surface area contributed by atoms with Crippen LogP contribution in [0.2, 0.25) is 0 Å². The van der Waals surface area contributed by atoms with E-state index in [-0.39, 0.29) is 13.2 Å². The van der Waals surface area contributed by atoms with E-state index >= 15 is 0 Å². The van der Waals surface area contributed by atoms with Crippen LogP contribution in [-0.4, -0.2) is 37.0 Å². The first kappa shape index (κ1) is 31.8. The minimum atomic E-state index is 0.264. The number of aryl methyl sites for hydroxylation is 2. The van der Waals surface area contributed by atoms with E-state index in [1.807, 2.05) is 111 Å². The van der Waals surface area contributed by atoms with Gasteiger partial charge in [0.1, 0.15) is 13.2 Å². The fourth-order valence-electron chi connectivity index (χ4n) is 4.81. The minimum Gasteiger partial charge on any atom is -0.493 e. The van der Waals surface area contributed by atoms with Crippen molar-refractivity contribution in [1.82, 2.24) is 10.3 Å². The lowest BCUT2D eigenvalue weighted by atomic mass is 10.1. The number of methoxy groups -OCH3 is 2. The molecule has 6 aromatic rings. The third kappa shape index (κ3) is 8.16. The van der Waals surface area contributed by atoms with Crippen molar-refractivity contribution in [3.05, 3.63) is 131 Å². The van der Waals surface area contributed by atoms with Crippen LogP contribution in [-0.2, 0) is 13.2 Å². The smallest absolute Gasteiger partial charge is 0.174 e. The molecule has 0 saturated carbocycles. The van der Waals surface area contributed by atoms with Crippen LogP contribution in [0.25, 0.3) is 11.1 Å². The molecule has 0 spiro atoms. The highest BCUT2D eigenvalue weighted by Gasteiger charge is 2.10. The summed E-state index contributed by atoms with van der Waals surface area (Å²) < 4.78 is 33.2. The average Bonchev–Trinajstić information content (AvgIpc) is 3.75. The summed E-state index contributed by atoms with van der Waals surface area (Å²) >= 11 is 0. The first-order valence-corrected chi connectivity index (χ1v) is 15.2. The molecule has 10 heteroatoms. The zero-order valence-corrected chi connectivity index (χ0v) is 27.0. The van der Waals surface area contributed by atoms with Crippen molar-refractivity contribution in [2.75, 3.05) is 14.2 Å². The Kier molecular flexibility index (Phi) is 9.91. The molecule has 0 aliphatic heterocycles. The van der Waals surface area contributed by atoms with Crippen molar-refractivity contribution in [2.45, 2.75) is 27.1 Å². The van der Waals surface area contributed by atoms with Crippen LogP contribution in [0.5, 0.6) is 23.0 Å². The van der Waals surface area contributed by atoms with Gasteiger partial charge in [-0.3, -0.25) is 9.98 Å². The molecular formula is C38H34N4O6. The summed E-state index contributed by atoms with van der Waals surface area (Å²) in [5.74, 6) is 3.73. The van der Waals surface area contributed by atoms with Gasteiger partial charge in [0.2, 0.25) is 0 Å². The first-order chi connectivity index (χ1) is 23.4. The molecule has 0 bridgehead atoms. The van der Waals surface area contributed by atoms with Crippen LogP contribution in [0.1, 0.15) is 34.0 Å². The van der Waals surface area contributed by atoms with Crippen molar-refractivity contribution in [2.24, 2.45) is 9.98 Å². The lowest BCUT2D eigenvalue weighted by Crippen LogP contribution is -1.97. The van der Waals surface area contributed by atoms with E-state index in [9.17, 15) is 0 Å². The van der Waals surface area contributed by atoms with Gasteiger partial charge in [-0.25, -0.2) is 0 Å². The maximum Gasteiger partial charge on any atom is 0.174 e. The van der Waals surface area contributed by atoms with Gasteiger partial charge >= 0.3 is 0 Å². The maximum absolute atomic E-state index is 5.85. The second-order valence-electron chi connectivity index (χ2n) is 10.9. The predicted octanol–water partition coefficient (Wildman–Crippen LogP) is 8.62. The summed E-state index contributed by atoms with van der Waals surface area (Å²) in [7, 11) is 3.21. The molecule has 242 valence electrons. The second-order valence-corrected chi connectivity index (χ2v) is 10.9. The molecular weight excluding hydrogens is 608 g/mol. The Morgan fingerprint density at radius 1 is 0.542 bits per heavy atom. The number of ether oxygens (including phenoxy) is 4. The van der Waals surface area contributed by atoms with E-state index in [0.717, 1.165) is 45.0 Å². The molecule has 4 aromatic carbocycles. The monoisotopic (exact) mass is 642 g/mol. The van der Waals surface area contributed by atoms with Crippen LogP contribution in [0, 0.1) is 13.8 Å². The highest BCUT2D eigenvalue weighted by Crippen LogP contribution is 2.31. The van der Waals surface area contributed by atoms with Crippen LogP contribution < -0.4 is 18.9 Å². The largest absolute Gasteiger partial charge is 0.493 e. The number of aliphatic imine (C=N–C) groups is 2. The van der Waals surface area contributed by atoms with Gasteiger partial charge in [-0.2, -0.15) is 0 Å². The van der Waals surface area contributed by atoms with Gasteiger partial charge in [-0.15, -0.1) is 0 Å². The number of rotatable bonds is 13. The van der Waals surface area contributed by atoms with E-state index in [0.29, 0.717) is 34.5 Å². The highest BCUT2D eigenvalue weighted by molar-refractivity contribution is 5.84. The zero-order valence-electron chi connectivity index (χ0n) is 27.0. The molecule has 0 amide bonds. The molecule has 0 aliphatic carbocycles. The van der Waals surface area contributed by atoms with Gasteiger partial charge in [0.15, 0.2) is 34.5 Å². The predicted molar refractivity (Wildman–Crippen MR) is 184 cm³/mol. The van der Waals surface area contributed by atoms with E-state index in [4.69, 9.17) is 28.0 Å². The summed E-state index contributed by atoms with van der Waals surface area (Å²) in [6.07, 6.45) is 3.59. The van der Waals surface area contributed by atoms with Gasteiger partial charge in [-0.05, 0) is 96.8 Å². The Morgan fingerprint density at radius 2 is 0.958 bits per heavy atom. The normalized spacial score (nSPS) is 11.3. The van der Waals surface area contributed by atoms with Crippen molar-refractivity contribution in [1.29, 1.82) is 0 Å². The second kappa shape index (κ2) is 15.0. The third-order valence-corrected chi connectivity index (χ3v) is 7.26. The molecule has 0 fully saturated rings. The Morgan fingerprint density at radius 3 is 1.31 bits per heavy atom. The number of benzene rings is 4. The summed E-state index contributed by atoms with van der Waals surface area (Å²) in [6.45, 7) is 4.26. The molecule has 0 aliphatic rings. The summed E-state index contributed by atoms with van der Waals surface area (Å²) in [4.78, 5) is 9.27. The molecule has 0 radical (unpaired) electrons. The lowest BCUT2D eigenvalue weighted by Gasteiger charge is -2.10. The van der Waals surface area contributed by atoms with Crippen molar-refractivity contribution in [3.63, 3.8) is 0 Å². The Bertz CT molecular complexity index is 1880. The highest BCUT2D eigenvalue weighted by atomic mass is 16.5. The fraction of sp³-hybridized carbons (Fsp3) is 0.158. The molecule has 6 rings (SSSR count). The molecule has 0 N–H and O–H groups in total. The number of hydrogen-bond donors (Lipinski definition) is 0. The van der Waals surface area contributed by atoms with Gasteiger partial charge in [-0.1, -0.05) is 34.6 Å². The summed E-state index contributed by atoms with van der Waals surface area (Å²) in [5, 5.41) is 7.76. The number of hydrogen-bond acceptors (Lipinski definition) is 10. The molecule has 0 saturated heterocycles. The summed E-state index contributed by atoms with van der Waals surface area (Å²) in [6, 6.07) is 31.1. The van der Waals surface area contributed by atoms with E-state index in [2.05, 4.69) is 20.3 Å². The third-order valence-electron chi connectivity index (χ3n) is 7.26. The molecule has 2 heterocycles. The molecule has 0 unspecified atom stereocenters. The van der Waals surface area contributed by atoms with Gasteiger partial charge in [0.25, 0.3) is 0 Å². The standard InChI is InChI=1S/C38H34N4O6/c1-25-17-33(47-41-25)23-45-35-15-5-27(19-37(35)43-3)21-39-31-11-7-29(8-12-31)30-9-13-32(14-10-30)40-22-28-6-16-36(38(20-28)44-4)46-24-34-18-26(2)42-48-34/h5-22H,23-24H2,1-4H3. The lowest BCUT2D eigenvalue weighted by molar-refractivity contribution is 0.239. The molecule has 48 heavy (non-hydrogen) atoms. The molecule has 10 nitrogen and oxygen atoms in total. The summed E-state index contributed by atoms with van der Waals surface area (Å²) in [5.41, 5.74) is 7.21. The SMILES string of the molecule is COc1cc(C=Nc2ccc(-c3ccc(N=Cc4ccc(OCc5cc(C)no5)c(OC)c4)cc3)cc2)ccc1OCc1cc(C)no1. The van der Waals surface area contributed by atoms with Crippen LogP contribution in [0.3, 0.4) is 0 Å². The average molecular weight is 643 g/mol. The Labute approximate surface area is 278 Å². The van der Waals surface area contributed by atoms with E-state index in [1.165, 1.54) is 0 Å². The zero-order chi connectivity index (χ0) is 33.3. The number of nitrogens with zero attached hydrogens (tertiary/aromatic N) is 4. The fourth-order valence-corrected chi connectivity index (χ4v) is 4.81. The van der Waals surface area contributed by atoms with Crippen molar-refractivity contribution in [3.8, 4) is 34.1 Å². The van der Waals surface area contributed by atoms with Crippen LogP contribution in [0.15, 0.2) is 116 Å². The van der Waals surface area contributed by atoms with E-state index in [1.54, 1.807) is 26.6 Å². The van der Waals surface area contributed by atoms with Crippen LogP contribution in [0.4, 0.5) is 11.4 Å². The Balaban J connectivity index is 1.04. The van der Waals surface area contributed by atoms with Gasteiger partial charge < -0.3 is 28.0 Å². The number of aromatic nitrogens is 2. The van der Waals surface area contributed by atoms with Gasteiger partial charge in [0, 0.05) is 24.6 Å². The molecule has 2 aromatic heterocycles. The van der Waals surface area contributed by atoms with Crippen molar-refractivity contribution >= 4 is 23.8 Å². The Hall–Kier alpha value is -6.16. The first-order valence-electron chi connectivity index (χ1n) is 15.2. The van der Waals surface area contributed by atoms with Gasteiger partial charge in [0.05, 0.1) is 37.0 Å². The quantitative estimate of drug-likeness (QED) is 0.115. The van der Waals surface area contributed by atoms with E-state index < -0.39 is 0 Å². The molecule has 0 atom stereocenters. The minimum absolute atomic E-state index is 0.264. The van der Waals surface area contributed by atoms with Crippen LogP contribution >= 0.6 is 0 Å². The topological polar surface area (TPSA) is 114 Å². The maximum atomic E-state index is 5.85.